The first-order valence-electron chi connectivity index (χ1n) is 10.0. The summed E-state index contributed by atoms with van der Waals surface area (Å²) in [6.07, 6.45) is 2.51. The van der Waals surface area contributed by atoms with E-state index >= 15 is 0 Å². The normalized spacial score (nSPS) is 18.3. The number of aliphatic imine (C=N–C) groups is 1. The zero-order chi connectivity index (χ0) is 20.6. The van der Waals surface area contributed by atoms with Crippen LogP contribution in [0.1, 0.15) is 23.6 Å². The van der Waals surface area contributed by atoms with Crippen molar-refractivity contribution in [2.75, 3.05) is 6.54 Å². The van der Waals surface area contributed by atoms with Crippen molar-refractivity contribution in [2.45, 2.75) is 18.9 Å². The summed E-state index contributed by atoms with van der Waals surface area (Å²) in [5.74, 6) is 0.562. The van der Waals surface area contributed by atoms with Crippen LogP contribution in [0.15, 0.2) is 90.1 Å². The minimum Gasteiger partial charge on any atom is -0.485 e. The number of benzene rings is 3. The molecule has 0 amide bonds. The Bertz CT molecular complexity index is 1250. The minimum absolute atomic E-state index is 0.236. The predicted octanol–water partition coefficient (Wildman–Crippen LogP) is 5.61. The van der Waals surface area contributed by atoms with E-state index in [1.54, 1.807) is 12.1 Å². The summed E-state index contributed by atoms with van der Waals surface area (Å²) >= 11 is 0. The molecular weight excluding hydrogens is 375 g/mol. The second-order valence-electron chi connectivity index (χ2n) is 7.93. The first-order chi connectivity index (χ1) is 14.6. The Kier molecular flexibility index (Phi) is 4.55. The summed E-state index contributed by atoms with van der Waals surface area (Å²) in [5.41, 5.74) is 4.24. The highest BCUT2D eigenvalue weighted by Gasteiger charge is 2.31. The van der Waals surface area contributed by atoms with E-state index in [-0.39, 0.29) is 5.82 Å². The molecule has 1 aromatic heterocycles. The maximum atomic E-state index is 13.3. The van der Waals surface area contributed by atoms with Crippen LogP contribution in [0.2, 0.25) is 0 Å². The van der Waals surface area contributed by atoms with Gasteiger partial charge in [-0.3, -0.25) is 9.98 Å². The molecule has 0 spiro atoms. The Hall–Kier alpha value is -3.53. The van der Waals surface area contributed by atoms with Gasteiger partial charge in [0.05, 0.1) is 17.8 Å². The SMILES string of the molecule is CC1(Cc2ccc(F)cc2)CN=C(c2cnc3ccccc3c2)c2ccccc2O1. The monoisotopic (exact) mass is 396 g/mol. The van der Waals surface area contributed by atoms with Gasteiger partial charge >= 0.3 is 0 Å². The van der Waals surface area contributed by atoms with E-state index in [2.05, 4.69) is 24.0 Å². The Balaban J connectivity index is 1.56. The fraction of sp³-hybridized carbons (Fsp3) is 0.154. The molecule has 4 heteroatoms. The molecular formula is C26H21FN2O. The minimum atomic E-state index is -0.542. The third-order valence-corrected chi connectivity index (χ3v) is 5.43. The molecule has 0 bridgehead atoms. The molecule has 1 aliphatic heterocycles. The lowest BCUT2D eigenvalue weighted by Gasteiger charge is -2.28. The number of ether oxygens (including phenoxy) is 1. The average molecular weight is 396 g/mol. The van der Waals surface area contributed by atoms with Gasteiger partial charge in [0.15, 0.2) is 0 Å². The van der Waals surface area contributed by atoms with Crippen LogP contribution in [-0.2, 0) is 6.42 Å². The van der Waals surface area contributed by atoms with E-state index in [9.17, 15) is 4.39 Å². The molecule has 1 atom stereocenters. The van der Waals surface area contributed by atoms with Gasteiger partial charge in [0.2, 0.25) is 0 Å². The summed E-state index contributed by atoms with van der Waals surface area (Å²) in [5, 5.41) is 1.08. The molecule has 4 aromatic rings. The van der Waals surface area contributed by atoms with E-state index in [0.29, 0.717) is 13.0 Å². The molecule has 0 radical (unpaired) electrons. The molecule has 2 heterocycles. The molecule has 3 nitrogen and oxygen atoms in total. The number of aromatic nitrogens is 1. The van der Waals surface area contributed by atoms with E-state index in [0.717, 1.165) is 39.1 Å². The van der Waals surface area contributed by atoms with Crippen molar-refractivity contribution in [1.29, 1.82) is 0 Å². The summed E-state index contributed by atoms with van der Waals surface area (Å²) in [6.45, 7) is 2.54. The van der Waals surface area contributed by atoms with E-state index in [4.69, 9.17) is 9.73 Å². The summed E-state index contributed by atoms with van der Waals surface area (Å²) < 4.78 is 19.8. The Morgan fingerprint density at radius 3 is 2.60 bits per heavy atom. The van der Waals surface area contributed by atoms with Crippen LogP contribution in [0.3, 0.4) is 0 Å². The molecule has 3 aromatic carbocycles. The van der Waals surface area contributed by atoms with Gasteiger partial charge in [-0.15, -0.1) is 0 Å². The number of rotatable bonds is 3. The number of hydrogen-bond donors (Lipinski definition) is 0. The lowest BCUT2D eigenvalue weighted by molar-refractivity contribution is 0.100. The largest absolute Gasteiger partial charge is 0.485 e. The van der Waals surface area contributed by atoms with Gasteiger partial charge in [0, 0.05) is 29.1 Å². The summed E-state index contributed by atoms with van der Waals surface area (Å²) in [4.78, 5) is 9.60. The van der Waals surface area contributed by atoms with Gasteiger partial charge in [0.25, 0.3) is 0 Å². The molecule has 1 unspecified atom stereocenters. The maximum absolute atomic E-state index is 13.3. The van der Waals surface area contributed by atoms with Crippen LogP contribution in [0.4, 0.5) is 4.39 Å². The standard InChI is InChI=1S/C26H21FN2O/c1-26(15-18-10-12-21(27)13-11-18)17-29-25(22-7-3-5-9-24(22)30-26)20-14-19-6-2-4-8-23(19)28-16-20/h2-14,16H,15,17H2,1H3. The second kappa shape index (κ2) is 7.38. The van der Waals surface area contributed by atoms with Gasteiger partial charge in [-0.25, -0.2) is 4.39 Å². The topological polar surface area (TPSA) is 34.5 Å². The number of halogens is 1. The smallest absolute Gasteiger partial charge is 0.130 e. The van der Waals surface area contributed by atoms with Crippen molar-refractivity contribution in [3.05, 3.63) is 108 Å². The number of pyridine rings is 1. The lowest BCUT2D eigenvalue weighted by atomic mass is 9.96. The van der Waals surface area contributed by atoms with Crippen LogP contribution >= 0.6 is 0 Å². The highest BCUT2D eigenvalue weighted by atomic mass is 19.1. The van der Waals surface area contributed by atoms with Crippen LogP contribution in [-0.4, -0.2) is 22.8 Å². The van der Waals surface area contributed by atoms with Crippen LogP contribution in [0, 0.1) is 5.82 Å². The first kappa shape index (κ1) is 18.5. The number of hydrogen-bond acceptors (Lipinski definition) is 3. The fourth-order valence-corrected chi connectivity index (χ4v) is 3.95. The molecule has 0 fully saturated rings. The number of nitrogens with zero attached hydrogens (tertiary/aromatic N) is 2. The van der Waals surface area contributed by atoms with E-state index in [1.807, 2.05) is 48.7 Å². The summed E-state index contributed by atoms with van der Waals surface area (Å²) in [6, 6.07) is 24.8. The average Bonchev–Trinajstić information content (AvgIpc) is 2.91. The van der Waals surface area contributed by atoms with Crippen molar-refractivity contribution in [1.82, 2.24) is 4.98 Å². The number of para-hydroxylation sites is 2. The van der Waals surface area contributed by atoms with E-state index < -0.39 is 5.60 Å². The van der Waals surface area contributed by atoms with E-state index in [1.165, 1.54) is 12.1 Å². The van der Waals surface area contributed by atoms with Crippen molar-refractivity contribution in [3.8, 4) is 5.75 Å². The van der Waals surface area contributed by atoms with Crippen molar-refractivity contribution < 1.29 is 9.13 Å². The summed E-state index contributed by atoms with van der Waals surface area (Å²) in [7, 11) is 0. The van der Waals surface area contributed by atoms with Crippen molar-refractivity contribution >= 4 is 16.6 Å². The molecule has 148 valence electrons. The zero-order valence-corrected chi connectivity index (χ0v) is 16.7. The van der Waals surface area contributed by atoms with Crippen LogP contribution < -0.4 is 4.74 Å². The Labute approximate surface area is 174 Å². The van der Waals surface area contributed by atoms with Crippen LogP contribution in [0.25, 0.3) is 10.9 Å². The molecule has 0 aliphatic carbocycles. The highest BCUT2D eigenvalue weighted by Crippen LogP contribution is 2.32. The molecule has 1 aliphatic rings. The zero-order valence-electron chi connectivity index (χ0n) is 16.7. The first-order valence-corrected chi connectivity index (χ1v) is 10.0. The molecule has 0 saturated carbocycles. The van der Waals surface area contributed by atoms with Crippen LogP contribution in [0.5, 0.6) is 5.75 Å². The Morgan fingerprint density at radius 2 is 1.73 bits per heavy atom. The van der Waals surface area contributed by atoms with Gasteiger partial charge in [-0.2, -0.15) is 0 Å². The van der Waals surface area contributed by atoms with Gasteiger partial charge in [-0.05, 0) is 48.9 Å². The molecule has 0 saturated heterocycles. The molecule has 5 rings (SSSR count). The van der Waals surface area contributed by atoms with Crippen molar-refractivity contribution in [3.63, 3.8) is 0 Å². The Morgan fingerprint density at radius 1 is 0.967 bits per heavy atom. The van der Waals surface area contributed by atoms with Gasteiger partial charge in [-0.1, -0.05) is 42.5 Å². The quantitative estimate of drug-likeness (QED) is 0.451. The number of fused-ring (bicyclic) bond motifs is 2. The highest BCUT2D eigenvalue weighted by molar-refractivity contribution is 6.15. The van der Waals surface area contributed by atoms with Crippen molar-refractivity contribution in [2.24, 2.45) is 4.99 Å². The van der Waals surface area contributed by atoms with Gasteiger partial charge < -0.3 is 4.74 Å². The third-order valence-electron chi connectivity index (χ3n) is 5.43. The predicted molar refractivity (Wildman–Crippen MR) is 118 cm³/mol. The third kappa shape index (κ3) is 3.57. The molecule has 0 N–H and O–H groups in total. The molecule has 30 heavy (non-hydrogen) atoms. The van der Waals surface area contributed by atoms with Gasteiger partial charge in [0.1, 0.15) is 17.2 Å². The second-order valence-corrected chi connectivity index (χ2v) is 7.93. The fourth-order valence-electron chi connectivity index (χ4n) is 3.95. The maximum Gasteiger partial charge on any atom is 0.130 e. The lowest BCUT2D eigenvalue weighted by Crippen LogP contribution is -2.38.